The van der Waals surface area contributed by atoms with Crippen molar-refractivity contribution in [3.8, 4) is 55.8 Å². The van der Waals surface area contributed by atoms with Crippen LogP contribution in [0.15, 0.2) is 182 Å². The van der Waals surface area contributed by atoms with Crippen molar-refractivity contribution in [3.63, 3.8) is 0 Å². The molecule has 2 aromatic heterocycles. The quantitative estimate of drug-likeness (QED) is 0.168. The number of nitrogens with zero attached hydrogens (tertiary/aromatic N) is 2. The number of imidazole rings is 1. The Morgan fingerprint density at radius 1 is 0.426 bits per heavy atom. The second kappa shape index (κ2) is 11.6. The SMILES string of the molecule is CC1(C)c2ccccc2-c2cc3c(-c4ccc5ccccc5c4)c4cc(-c5ccccc5)ccc4c(-c4ccc(-c5cn6ccccc6n5)cc4)c3cc21. The van der Waals surface area contributed by atoms with Crippen molar-refractivity contribution in [2.24, 2.45) is 0 Å². The molecule has 0 spiro atoms. The number of fused-ring (bicyclic) bond motifs is 7. The predicted octanol–water partition coefficient (Wildman–Crippen LogP) is 13.8. The van der Waals surface area contributed by atoms with E-state index in [4.69, 9.17) is 4.98 Å². The third-order valence-electron chi connectivity index (χ3n) is 11.8. The van der Waals surface area contributed by atoms with Crippen molar-refractivity contribution in [3.05, 3.63) is 193 Å². The number of hydrogen-bond donors (Lipinski definition) is 0. The molecule has 0 N–H and O–H groups in total. The van der Waals surface area contributed by atoms with E-state index in [1.165, 1.54) is 88.0 Å². The third kappa shape index (κ3) is 4.63. The lowest BCUT2D eigenvalue weighted by Crippen LogP contribution is -2.14. The minimum atomic E-state index is -0.125. The molecule has 8 aromatic carbocycles. The van der Waals surface area contributed by atoms with Gasteiger partial charge in [-0.25, -0.2) is 4.98 Å². The Kier molecular flexibility index (Phi) is 6.63. The van der Waals surface area contributed by atoms with Crippen LogP contribution in [0.4, 0.5) is 0 Å². The first kappa shape index (κ1) is 30.8. The van der Waals surface area contributed by atoms with Crippen LogP contribution in [0, 0.1) is 0 Å². The smallest absolute Gasteiger partial charge is 0.137 e. The topological polar surface area (TPSA) is 17.3 Å². The fourth-order valence-electron chi connectivity index (χ4n) is 9.08. The van der Waals surface area contributed by atoms with Gasteiger partial charge in [0.05, 0.1) is 5.69 Å². The lowest BCUT2D eigenvalue weighted by molar-refractivity contribution is 0.661. The monoisotopic (exact) mass is 688 g/mol. The normalized spacial score (nSPS) is 13.1. The van der Waals surface area contributed by atoms with Crippen LogP contribution in [0.2, 0.25) is 0 Å². The average Bonchev–Trinajstić information content (AvgIpc) is 3.75. The molecule has 0 saturated carbocycles. The summed E-state index contributed by atoms with van der Waals surface area (Å²) in [5.74, 6) is 0. The van der Waals surface area contributed by atoms with E-state index < -0.39 is 0 Å². The van der Waals surface area contributed by atoms with Crippen LogP contribution < -0.4 is 0 Å². The Hall–Kier alpha value is -6.77. The Bertz CT molecular complexity index is 3080. The van der Waals surface area contributed by atoms with Crippen LogP contribution in [-0.2, 0) is 5.41 Å². The van der Waals surface area contributed by atoms with Gasteiger partial charge >= 0.3 is 0 Å². The van der Waals surface area contributed by atoms with Crippen LogP contribution in [0.3, 0.4) is 0 Å². The maximum Gasteiger partial charge on any atom is 0.137 e. The van der Waals surface area contributed by atoms with Gasteiger partial charge in [-0.15, -0.1) is 0 Å². The average molecular weight is 689 g/mol. The highest BCUT2D eigenvalue weighted by Crippen LogP contribution is 2.53. The van der Waals surface area contributed by atoms with E-state index in [0.29, 0.717) is 0 Å². The summed E-state index contributed by atoms with van der Waals surface area (Å²) in [6.45, 7) is 4.76. The van der Waals surface area contributed by atoms with E-state index in [1.807, 2.05) is 12.1 Å². The third-order valence-corrected chi connectivity index (χ3v) is 11.8. The van der Waals surface area contributed by atoms with Gasteiger partial charge in [-0.2, -0.15) is 0 Å². The number of benzene rings is 8. The summed E-state index contributed by atoms with van der Waals surface area (Å²) >= 11 is 0. The summed E-state index contributed by atoms with van der Waals surface area (Å²) in [5, 5.41) is 7.54. The zero-order valence-electron chi connectivity index (χ0n) is 30.2. The lowest BCUT2D eigenvalue weighted by atomic mass is 9.79. The zero-order valence-corrected chi connectivity index (χ0v) is 30.2. The van der Waals surface area contributed by atoms with E-state index in [0.717, 1.165) is 16.9 Å². The van der Waals surface area contributed by atoms with Crippen LogP contribution in [0.25, 0.3) is 93.7 Å². The fourth-order valence-corrected chi connectivity index (χ4v) is 9.08. The molecule has 0 radical (unpaired) electrons. The summed E-state index contributed by atoms with van der Waals surface area (Å²) in [4.78, 5) is 4.93. The maximum atomic E-state index is 4.93. The number of rotatable bonds is 4. The van der Waals surface area contributed by atoms with E-state index in [1.54, 1.807) is 0 Å². The molecule has 0 unspecified atom stereocenters. The van der Waals surface area contributed by atoms with Gasteiger partial charge in [-0.3, -0.25) is 0 Å². The lowest BCUT2D eigenvalue weighted by Gasteiger charge is -2.24. The summed E-state index contributed by atoms with van der Waals surface area (Å²) in [7, 11) is 0. The Labute approximate surface area is 314 Å². The second-order valence-corrected chi connectivity index (χ2v) is 15.2. The molecule has 0 amide bonds. The largest absolute Gasteiger partial charge is 0.306 e. The number of pyridine rings is 1. The maximum absolute atomic E-state index is 4.93. The fraction of sp³-hybridized carbons (Fsp3) is 0.0577. The minimum absolute atomic E-state index is 0.125. The molecule has 0 bridgehead atoms. The summed E-state index contributed by atoms with van der Waals surface area (Å²) < 4.78 is 2.08. The highest BCUT2D eigenvalue weighted by Gasteiger charge is 2.36. The van der Waals surface area contributed by atoms with Crippen LogP contribution in [0.5, 0.6) is 0 Å². The molecule has 0 atom stereocenters. The van der Waals surface area contributed by atoms with Crippen molar-refractivity contribution >= 4 is 38.0 Å². The molecule has 1 aliphatic rings. The summed E-state index contributed by atoms with van der Waals surface area (Å²) in [5.41, 5.74) is 15.7. The summed E-state index contributed by atoms with van der Waals surface area (Å²) in [6.07, 6.45) is 4.17. The molecule has 0 aliphatic heterocycles. The molecular weight excluding hydrogens is 653 g/mol. The molecule has 254 valence electrons. The minimum Gasteiger partial charge on any atom is -0.306 e. The van der Waals surface area contributed by atoms with Crippen molar-refractivity contribution in [2.45, 2.75) is 19.3 Å². The zero-order chi connectivity index (χ0) is 36.0. The van der Waals surface area contributed by atoms with Gasteiger partial charge in [-0.1, -0.05) is 147 Å². The predicted molar refractivity (Wildman–Crippen MR) is 227 cm³/mol. The first-order valence-corrected chi connectivity index (χ1v) is 18.8. The molecule has 2 heteroatoms. The van der Waals surface area contributed by atoms with Crippen molar-refractivity contribution in [1.29, 1.82) is 0 Å². The van der Waals surface area contributed by atoms with Crippen molar-refractivity contribution in [1.82, 2.24) is 9.38 Å². The van der Waals surface area contributed by atoms with Crippen molar-refractivity contribution in [2.75, 3.05) is 0 Å². The summed E-state index contributed by atoms with van der Waals surface area (Å²) in [6, 6.07) is 62.7. The van der Waals surface area contributed by atoms with Gasteiger partial charge in [0, 0.05) is 23.4 Å². The van der Waals surface area contributed by atoms with Gasteiger partial charge < -0.3 is 4.40 Å². The Morgan fingerprint density at radius 2 is 1.09 bits per heavy atom. The van der Waals surface area contributed by atoms with Crippen LogP contribution >= 0.6 is 0 Å². The highest BCUT2D eigenvalue weighted by atomic mass is 15.0. The van der Waals surface area contributed by atoms with E-state index >= 15 is 0 Å². The van der Waals surface area contributed by atoms with Gasteiger partial charge in [0.15, 0.2) is 0 Å². The van der Waals surface area contributed by atoms with Gasteiger partial charge in [0.1, 0.15) is 5.65 Å². The molecule has 54 heavy (non-hydrogen) atoms. The molecule has 2 heterocycles. The first-order valence-electron chi connectivity index (χ1n) is 18.8. The van der Waals surface area contributed by atoms with E-state index in [9.17, 15) is 0 Å². The number of aromatic nitrogens is 2. The van der Waals surface area contributed by atoms with Gasteiger partial charge in [-0.05, 0) is 124 Å². The van der Waals surface area contributed by atoms with Crippen LogP contribution in [0.1, 0.15) is 25.0 Å². The van der Waals surface area contributed by atoms with Crippen molar-refractivity contribution < 1.29 is 0 Å². The molecular formula is C52H36N2. The molecule has 1 aliphatic carbocycles. The Morgan fingerprint density at radius 3 is 1.94 bits per heavy atom. The van der Waals surface area contributed by atoms with Gasteiger partial charge in [0.25, 0.3) is 0 Å². The first-order chi connectivity index (χ1) is 26.5. The molecule has 2 nitrogen and oxygen atoms in total. The highest BCUT2D eigenvalue weighted by molar-refractivity contribution is 6.23. The second-order valence-electron chi connectivity index (χ2n) is 15.2. The van der Waals surface area contributed by atoms with Crippen LogP contribution in [-0.4, -0.2) is 9.38 Å². The van der Waals surface area contributed by atoms with Gasteiger partial charge in [0.2, 0.25) is 0 Å². The molecule has 11 rings (SSSR count). The molecule has 10 aromatic rings. The van der Waals surface area contributed by atoms with E-state index in [-0.39, 0.29) is 5.41 Å². The van der Waals surface area contributed by atoms with E-state index in [2.05, 4.69) is 188 Å². The Balaban J connectivity index is 1.25. The number of hydrogen-bond acceptors (Lipinski definition) is 1. The molecule has 0 fully saturated rings. The standard InChI is InChI=1S/C52H36N2/c1-52(2)46-17-9-8-16-40(46)42-30-44-45(31-47(42)52)50(36-22-20-35(21-23-36)48-32-54-27-11-10-18-49(54)53-48)41-26-25-38(33-12-4-3-5-13-33)29-43(41)51(44)39-24-19-34-14-6-7-15-37(34)28-39/h3-32H,1-2H3. The molecule has 0 saturated heterocycles.